The van der Waals surface area contributed by atoms with Crippen molar-refractivity contribution in [1.29, 1.82) is 0 Å². The van der Waals surface area contributed by atoms with E-state index < -0.39 is 6.08 Å². The molecular weight excluding hydrogens is 206 g/mol. The lowest BCUT2D eigenvalue weighted by atomic mass is 10.0. The second-order valence-corrected chi connectivity index (χ2v) is 3.43. The van der Waals surface area contributed by atoms with Gasteiger partial charge in [-0.1, -0.05) is 30.8 Å². The summed E-state index contributed by atoms with van der Waals surface area (Å²) in [5.74, 6) is 0. The third kappa shape index (κ3) is 2.16. The first-order valence-corrected chi connectivity index (χ1v) is 4.79. The van der Waals surface area contributed by atoms with Gasteiger partial charge in [-0.15, -0.1) is 0 Å². The van der Waals surface area contributed by atoms with Gasteiger partial charge in [0.25, 0.3) is 6.08 Å². The molecule has 16 heavy (non-hydrogen) atoms. The van der Waals surface area contributed by atoms with Gasteiger partial charge in [0.2, 0.25) is 0 Å². The Labute approximate surface area is 92.5 Å². The van der Waals surface area contributed by atoms with Gasteiger partial charge in [0.15, 0.2) is 0 Å². The zero-order chi connectivity index (χ0) is 11.5. The molecule has 0 aliphatic rings. The topological polar surface area (TPSA) is 0 Å². The van der Waals surface area contributed by atoms with Gasteiger partial charge >= 0.3 is 0 Å². The van der Waals surface area contributed by atoms with E-state index in [1.54, 1.807) is 12.1 Å². The van der Waals surface area contributed by atoms with Crippen LogP contribution in [0.15, 0.2) is 55.1 Å². The summed E-state index contributed by atoms with van der Waals surface area (Å²) in [6, 6.07) is 14.2. The SMILES string of the molecule is C=C(C=C(F)F)c1[c]cc2ccccc2c1. The van der Waals surface area contributed by atoms with Crippen LogP contribution in [0, 0.1) is 6.07 Å². The molecule has 1 radical (unpaired) electrons. The maximum absolute atomic E-state index is 12.1. The molecular formula is C14H9F2. The highest BCUT2D eigenvalue weighted by Gasteiger charge is 2.00. The van der Waals surface area contributed by atoms with Crippen LogP contribution < -0.4 is 0 Å². The number of hydrogen-bond donors (Lipinski definition) is 0. The predicted octanol–water partition coefficient (Wildman–Crippen LogP) is 4.43. The van der Waals surface area contributed by atoms with Crippen molar-refractivity contribution in [2.45, 2.75) is 0 Å². The molecule has 0 aliphatic carbocycles. The smallest absolute Gasteiger partial charge is 0.173 e. The maximum atomic E-state index is 12.1. The molecule has 2 aromatic rings. The van der Waals surface area contributed by atoms with Gasteiger partial charge in [-0.2, -0.15) is 8.78 Å². The Kier molecular flexibility index (Phi) is 2.82. The van der Waals surface area contributed by atoms with Crippen molar-refractivity contribution in [2.24, 2.45) is 0 Å². The zero-order valence-corrected chi connectivity index (χ0v) is 8.50. The van der Waals surface area contributed by atoms with Crippen LogP contribution in [0.1, 0.15) is 5.56 Å². The van der Waals surface area contributed by atoms with E-state index in [4.69, 9.17) is 0 Å². The Bertz CT molecular complexity index is 564. The Hall–Kier alpha value is -1.96. The van der Waals surface area contributed by atoms with Gasteiger partial charge in [-0.05, 0) is 40.1 Å². The number of rotatable bonds is 2. The van der Waals surface area contributed by atoms with Crippen LogP contribution in [0.5, 0.6) is 0 Å². The lowest BCUT2D eigenvalue weighted by Crippen LogP contribution is -1.81. The van der Waals surface area contributed by atoms with E-state index in [2.05, 4.69) is 12.6 Å². The Balaban J connectivity index is 2.47. The average molecular weight is 215 g/mol. The van der Waals surface area contributed by atoms with Crippen molar-refractivity contribution in [3.05, 3.63) is 66.8 Å². The van der Waals surface area contributed by atoms with E-state index in [1.165, 1.54) is 0 Å². The largest absolute Gasteiger partial charge is 0.270 e. The monoisotopic (exact) mass is 215 g/mol. The Morgan fingerprint density at radius 2 is 1.88 bits per heavy atom. The molecule has 0 atom stereocenters. The highest BCUT2D eigenvalue weighted by Crippen LogP contribution is 2.21. The molecule has 0 heterocycles. The Morgan fingerprint density at radius 3 is 2.56 bits per heavy atom. The van der Waals surface area contributed by atoms with Crippen LogP contribution in [0.3, 0.4) is 0 Å². The minimum atomic E-state index is -1.74. The van der Waals surface area contributed by atoms with Crippen LogP contribution in [-0.4, -0.2) is 0 Å². The quantitative estimate of drug-likeness (QED) is 0.650. The highest BCUT2D eigenvalue weighted by atomic mass is 19.3. The molecule has 2 aromatic carbocycles. The summed E-state index contributed by atoms with van der Waals surface area (Å²) in [5, 5.41) is 2.02. The van der Waals surface area contributed by atoms with Crippen molar-refractivity contribution in [2.75, 3.05) is 0 Å². The first-order valence-electron chi connectivity index (χ1n) is 4.79. The first kappa shape index (κ1) is 10.6. The predicted molar refractivity (Wildman–Crippen MR) is 62.1 cm³/mol. The minimum Gasteiger partial charge on any atom is -0.173 e. The van der Waals surface area contributed by atoms with Crippen molar-refractivity contribution in [3.63, 3.8) is 0 Å². The summed E-state index contributed by atoms with van der Waals surface area (Å²) in [5.41, 5.74) is 0.859. The molecule has 0 bridgehead atoms. The third-order valence-electron chi connectivity index (χ3n) is 2.31. The second-order valence-electron chi connectivity index (χ2n) is 3.43. The van der Waals surface area contributed by atoms with Crippen molar-refractivity contribution < 1.29 is 8.78 Å². The van der Waals surface area contributed by atoms with Crippen LogP contribution in [0.25, 0.3) is 16.3 Å². The van der Waals surface area contributed by atoms with Crippen LogP contribution in [-0.2, 0) is 0 Å². The van der Waals surface area contributed by atoms with Gasteiger partial charge in [0.1, 0.15) is 0 Å². The number of benzene rings is 2. The van der Waals surface area contributed by atoms with E-state index in [0.717, 1.165) is 16.8 Å². The number of allylic oxidation sites excluding steroid dienone is 2. The second kappa shape index (κ2) is 4.27. The molecule has 0 aromatic heterocycles. The van der Waals surface area contributed by atoms with E-state index >= 15 is 0 Å². The summed E-state index contributed by atoms with van der Waals surface area (Å²) in [4.78, 5) is 0. The maximum Gasteiger partial charge on any atom is 0.270 e. The first-order chi connectivity index (χ1) is 7.66. The molecule has 0 fully saturated rings. The summed E-state index contributed by atoms with van der Waals surface area (Å²) in [6.45, 7) is 3.58. The number of fused-ring (bicyclic) bond motifs is 1. The molecule has 0 spiro atoms. The summed E-state index contributed by atoms with van der Waals surface area (Å²) >= 11 is 0. The molecule has 0 N–H and O–H groups in total. The molecule has 0 saturated carbocycles. The molecule has 0 aliphatic heterocycles. The number of halogens is 2. The van der Waals surface area contributed by atoms with E-state index in [0.29, 0.717) is 5.56 Å². The molecule has 0 nitrogen and oxygen atoms in total. The van der Waals surface area contributed by atoms with Crippen molar-refractivity contribution in [3.8, 4) is 0 Å². The van der Waals surface area contributed by atoms with E-state index in [-0.39, 0.29) is 5.57 Å². The fourth-order valence-corrected chi connectivity index (χ4v) is 1.52. The normalized spacial score (nSPS) is 10.1. The fourth-order valence-electron chi connectivity index (χ4n) is 1.52. The summed E-state index contributed by atoms with van der Waals surface area (Å²) in [6.07, 6.45) is -0.993. The van der Waals surface area contributed by atoms with E-state index in [9.17, 15) is 8.78 Å². The molecule has 0 saturated heterocycles. The van der Waals surface area contributed by atoms with Crippen LogP contribution in [0.2, 0.25) is 0 Å². The fraction of sp³-hybridized carbons (Fsp3) is 0. The van der Waals surface area contributed by atoms with Crippen molar-refractivity contribution >= 4 is 16.3 Å². The van der Waals surface area contributed by atoms with Crippen LogP contribution >= 0.6 is 0 Å². The molecule has 0 unspecified atom stereocenters. The van der Waals surface area contributed by atoms with Gasteiger partial charge in [-0.25, -0.2) is 0 Å². The lowest BCUT2D eigenvalue weighted by Gasteiger charge is -2.02. The molecule has 0 amide bonds. The van der Waals surface area contributed by atoms with Crippen molar-refractivity contribution in [1.82, 2.24) is 0 Å². The average Bonchev–Trinajstić information content (AvgIpc) is 2.27. The lowest BCUT2D eigenvalue weighted by molar-refractivity contribution is 0.422. The molecule has 2 heteroatoms. The van der Waals surface area contributed by atoms with Gasteiger partial charge in [0, 0.05) is 6.08 Å². The summed E-state index contributed by atoms with van der Waals surface area (Å²) < 4.78 is 24.1. The number of hydrogen-bond acceptors (Lipinski definition) is 0. The van der Waals surface area contributed by atoms with Gasteiger partial charge in [0.05, 0.1) is 0 Å². The third-order valence-corrected chi connectivity index (χ3v) is 2.31. The molecule has 79 valence electrons. The van der Waals surface area contributed by atoms with Gasteiger partial charge in [-0.3, -0.25) is 0 Å². The van der Waals surface area contributed by atoms with Crippen LogP contribution in [0.4, 0.5) is 8.78 Å². The summed E-state index contributed by atoms with van der Waals surface area (Å²) in [7, 11) is 0. The van der Waals surface area contributed by atoms with Gasteiger partial charge < -0.3 is 0 Å². The minimum absolute atomic E-state index is 0.269. The molecule has 2 rings (SSSR count). The Morgan fingerprint density at radius 1 is 1.19 bits per heavy atom. The zero-order valence-electron chi connectivity index (χ0n) is 8.50. The standard InChI is InChI=1S/C14H9F2/c1-10(8-14(15)16)12-7-6-11-4-2-3-5-13(11)9-12/h2-6,8-9H,1H2. The highest BCUT2D eigenvalue weighted by molar-refractivity contribution is 5.87. The van der Waals surface area contributed by atoms with E-state index in [1.807, 2.05) is 24.3 Å².